The highest BCUT2D eigenvalue weighted by molar-refractivity contribution is 7.19. The van der Waals surface area contributed by atoms with E-state index in [1.165, 1.54) is 50.2 Å². The third-order valence-electron chi connectivity index (χ3n) is 13.0. The summed E-state index contributed by atoms with van der Waals surface area (Å²) in [6, 6.07) is 17.4. The molecule has 3 aliphatic rings. The van der Waals surface area contributed by atoms with E-state index in [2.05, 4.69) is 10.6 Å². The minimum Gasteiger partial charge on any atom is -0.487 e. The summed E-state index contributed by atoms with van der Waals surface area (Å²) in [5.41, 5.74) is -3.34. The van der Waals surface area contributed by atoms with Crippen LogP contribution in [0.15, 0.2) is 72.8 Å². The van der Waals surface area contributed by atoms with Crippen LogP contribution in [0.3, 0.4) is 0 Å². The summed E-state index contributed by atoms with van der Waals surface area (Å²) < 4.78 is 166. The van der Waals surface area contributed by atoms with Crippen molar-refractivity contribution in [2.45, 2.75) is 31.6 Å². The zero-order valence-electron chi connectivity index (χ0n) is 44.4. The van der Waals surface area contributed by atoms with Crippen LogP contribution in [-0.2, 0) is 37.9 Å². The fourth-order valence-corrected chi connectivity index (χ4v) is 11.4. The maximum Gasteiger partial charge on any atom is 0.380 e. The Morgan fingerprint density at radius 2 is 0.691 bits per heavy atom. The van der Waals surface area contributed by atoms with Crippen LogP contribution in [0, 0.1) is 13.8 Å². The van der Waals surface area contributed by atoms with Gasteiger partial charge in [0, 0.05) is 86.8 Å². The van der Waals surface area contributed by atoms with Crippen molar-refractivity contribution in [3.8, 4) is 23.0 Å². The first-order valence-corrected chi connectivity index (χ1v) is 27.8. The van der Waals surface area contributed by atoms with Crippen molar-refractivity contribution >= 4 is 77.2 Å². The number of amides is 2. The van der Waals surface area contributed by atoms with Crippen LogP contribution in [0.25, 0.3) is 31.3 Å². The Hall–Kier alpha value is -6.06. The SMILES string of the molecule is Cc1sc2cc(C(=O)Nc3ccc4c(c3)OCCOCCOCCOCCOCCO4)ccc2c1C1=C(c2c(C)sc3cc(C(=O)Nc4ccc5c(c4)OCCOCCOCCOCCOCCO5)ccc23)C(F)(F)C(F)(F)C1(F)F. The van der Waals surface area contributed by atoms with Gasteiger partial charge in [-0.25, -0.2) is 0 Å². The van der Waals surface area contributed by atoms with Crippen LogP contribution in [-0.4, -0.2) is 162 Å². The Kier molecular flexibility index (Phi) is 20.1. The fourth-order valence-electron chi connectivity index (χ4n) is 9.14. The van der Waals surface area contributed by atoms with Gasteiger partial charge >= 0.3 is 17.8 Å². The van der Waals surface area contributed by atoms with Gasteiger partial charge in [-0.05, 0) is 62.4 Å². The van der Waals surface area contributed by atoms with Gasteiger partial charge < -0.3 is 67.5 Å². The van der Waals surface area contributed by atoms with Crippen molar-refractivity contribution in [2.75, 3.05) is 143 Å². The van der Waals surface area contributed by atoms with Gasteiger partial charge in [-0.1, -0.05) is 12.1 Å². The van der Waals surface area contributed by atoms with Crippen molar-refractivity contribution < 1.29 is 92.8 Å². The van der Waals surface area contributed by atoms with Crippen molar-refractivity contribution in [1.82, 2.24) is 0 Å². The van der Waals surface area contributed by atoms with Crippen LogP contribution in [0.4, 0.5) is 37.7 Å². The second kappa shape index (κ2) is 27.3. The highest BCUT2D eigenvalue weighted by atomic mass is 32.1. The average molecular weight is 1180 g/mol. The maximum atomic E-state index is 16.5. The molecule has 16 nitrogen and oxygen atoms in total. The predicted molar refractivity (Wildman–Crippen MR) is 292 cm³/mol. The van der Waals surface area contributed by atoms with E-state index in [1.807, 2.05) is 0 Å². The molecule has 9 rings (SSSR count). The molecule has 4 heterocycles. The first-order chi connectivity index (χ1) is 39.2. The van der Waals surface area contributed by atoms with Crippen molar-refractivity contribution in [3.63, 3.8) is 0 Å². The molecule has 0 radical (unpaired) electrons. The Labute approximate surface area is 470 Å². The lowest BCUT2D eigenvalue weighted by atomic mass is 9.91. The topological polar surface area (TPSA) is 169 Å². The van der Waals surface area contributed by atoms with Crippen LogP contribution in [0.1, 0.15) is 41.6 Å². The number of rotatable bonds is 6. The van der Waals surface area contributed by atoms with E-state index in [9.17, 15) is 9.59 Å². The molecule has 6 aromatic rings. The van der Waals surface area contributed by atoms with E-state index < -0.39 is 51.9 Å². The second-order valence-corrected chi connectivity index (χ2v) is 21.0. The number of ether oxygens (including phenoxy) is 12. The summed E-state index contributed by atoms with van der Waals surface area (Å²) in [4.78, 5) is 27.7. The maximum absolute atomic E-state index is 16.5. The number of aryl methyl sites for hydroxylation is 2. The number of carbonyl (C=O) groups excluding carboxylic acids is 2. The molecule has 0 unspecified atom stereocenters. The highest BCUT2D eigenvalue weighted by Gasteiger charge is 2.80. The second-order valence-electron chi connectivity index (χ2n) is 18.5. The van der Waals surface area contributed by atoms with Gasteiger partial charge in [0.25, 0.3) is 11.8 Å². The number of fused-ring (bicyclic) bond motifs is 4. The number of hydrogen-bond acceptors (Lipinski definition) is 16. The molecule has 2 amide bonds. The fraction of sp³-hybridized carbons (Fsp3) is 0.439. The monoisotopic (exact) mass is 1170 g/mol. The van der Waals surface area contributed by atoms with Crippen LogP contribution in [0.5, 0.6) is 23.0 Å². The molecule has 2 N–H and O–H groups in total. The van der Waals surface area contributed by atoms with E-state index in [4.69, 9.17) is 56.8 Å². The number of alkyl halides is 6. The molecule has 1 aliphatic carbocycles. The van der Waals surface area contributed by atoms with E-state index in [1.54, 1.807) is 36.4 Å². The number of nitrogens with one attached hydrogen (secondary N) is 2. The van der Waals surface area contributed by atoms with Gasteiger partial charge in [0.2, 0.25) is 0 Å². The number of thiophene rings is 2. The smallest absolute Gasteiger partial charge is 0.380 e. The molecule has 2 aliphatic heterocycles. The quantitative estimate of drug-likeness (QED) is 0.151. The molecule has 436 valence electrons. The van der Waals surface area contributed by atoms with Crippen LogP contribution in [0.2, 0.25) is 0 Å². The van der Waals surface area contributed by atoms with Gasteiger partial charge in [-0.3, -0.25) is 9.59 Å². The number of allylic oxidation sites excluding steroid dienone is 2. The summed E-state index contributed by atoms with van der Waals surface area (Å²) in [6.07, 6.45) is 0. The molecular formula is C57H60F6N2O14S2. The van der Waals surface area contributed by atoms with E-state index in [-0.39, 0.29) is 93.9 Å². The van der Waals surface area contributed by atoms with E-state index in [0.717, 1.165) is 22.7 Å². The van der Waals surface area contributed by atoms with Crippen molar-refractivity contribution in [1.29, 1.82) is 0 Å². The van der Waals surface area contributed by atoms with E-state index >= 15 is 26.3 Å². The number of carbonyl (C=O) groups is 2. The zero-order chi connectivity index (χ0) is 57.0. The van der Waals surface area contributed by atoms with Gasteiger partial charge in [0.05, 0.1) is 106 Å². The molecular weight excluding hydrogens is 1110 g/mol. The lowest BCUT2D eigenvalue weighted by molar-refractivity contribution is -0.254. The summed E-state index contributed by atoms with van der Waals surface area (Å²) >= 11 is 1.77. The minimum absolute atomic E-state index is 0.0351. The largest absolute Gasteiger partial charge is 0.487 e. The summed E-state index contributed by atoms with van der Waals surface area (Å²) in [5.74, 6) is -16.5. The van der Waals surface area contributed by atoms with Gasteiger partial charge in [-0.15, -0.1) is 22.7 Å². The Morgan fingerprint density at radius 1 is 0.395 bits per heavy atom. The number of anilines is 2. The molecule has 0 fully saturated rings. The number of benzene rings is 4. The average Bonchev–Trinajstić information content (AvgIpc) is 4.04. The Bertz CT molecular complexity index is 2980. The van der Waals surface area contributed by atoms with Crippen molar-refractivity contribution in [3.05, 3.63) is 105 Å². The van der Waals surface area contributed by atoms with Crippen molar-refractivity contribution in [2.24, 2.45) is 0 Å². The summed E-state index contributed by atoms with van der Waals surface area (Å²) in [7, 11) is 0. The van der Waals surface area contributed by atoms with E-state index in [0.29, 0.717) is 114 Å². The third kappa shape index (κ3) is 13.9. The van der Waals surface area contributed by atoms with Gasteiger partial charge in [0.1, 0.15) is 26.4 Å². The molecule has 0 saturated carbocycles. The number of hydrogen-bond donors (Lipinski definition) is 2. The lowest BCUT2D eigenvalue weighted by Crippen LogP contribution is -2.48. The minimum atomic E-state index is -5.86. The first-order valence-electron chi connectivity index (χ1n) is 26.2. The highest BCUT2D eigenvalue weighted by Crippen LogP contribution is 2.67. The molecule has 4 aromatic carbocycles. The summed E-state index contributed by atoms with van der Waals surface area (Å²) in [5, 5.41) is 5.50. The van der Waals surface area contributed by atoms with Crippen LogP contribution >= 0.6 is 22.7 Å². The number of halogens is 6. The Balaban J connectivity index is 0.958. The van der Waals surface area contributed by atoms with Gasteiger partial charge in [-0.2, -0.15) is 26.3 Å². The van der Waals surface area contributed by atoms with Crippen LogP contribution < -0.4 is 29.6 Å². The molecule has 0 spiro atoms. The summed E-state index contributed by atoms with van der Waals surface area (Å²) in [6.45, 7) is 8.88. The first kappa shape index (κ1) is 59.6. The molecule has 0 bridgehead atoms. The molecule has 0 saturated heterocycles. The Morgan fingerprint density at radius 3 is 1.01 bits per heavy atom. The van der Waals surface area contributed by atoms with Gasteiger partial charge in [0.15, 0.2) is 23.0 Å². The molecule has 0 atom stereocenters. The zero-order valence-corrected chi connectivity index (χ0v) is 46.0. The molecule has 2 aromatic heterocycles. The predicted octanol–water partition coefficient (Wildman–Crippen LogP) is 10.7. The standard InChI is InChI=1S/C57H60F6N2O14S2/c1-35-49(41-7-3-37(31-47(41)80-35)53(66)64-39-5-9-43-45(33-39)78-29-25-74-21-17-70-13-11-68-15-19-72-23-27-76-43)51-52(56(60,61)57(62,63)55(51,58)59)50-36(2)81-48-32-38(4-8-42(48)50)54(67)65-40-6-10-44-46(34-40)79-30-26-75-22-18-71-14-12-69-16-20-73-24-28-77-44/h3-10,31-34H,11-30H2,1-2H3,(H,64,66)(H,65,67). The molecule has 81 heavy (non-hydrogen) atoms. The third-order valence-corrected chi connectivity index (χ3v) is 15.1. The lowest BCUT2D eigenvalue weighted by Gasteiger charge is -2.26. The normalized spacial score (nSPS) is 19.5. The molecule has 24 heteroatoms.